The summed E-state index contributed by atoms with van der Waals surface area (Å²) in [5, 5.41) is 0. The predicted octanol–water partition coefficient (Wildman–Crippen LogP) is 1.93. The van der Waals surface area contributed by atoms with Gasteiger partial charge in [-0.3, -0.25) is 0 Å². The molecule has 0 saturated heterocycles. The van der Waals surface area contributed by atoms with E-state index in [1.807, 2.05) is 4.57 Å². The Morgan fingerprint density at radius 2 is 2.10 bits per heavy atom. The minimum absolute atomic E-state index is 0.164. The maximum Gasteiger partial charge on any atom is 0.243 e. The summed E-state index contributed by atoms with van der Waals surface area (Å²) in [7, 11) is -3.63. The highest BCUT2D eigenvalue weighted by molar-refractivity contribution is 7.89. The van der Waals surface area contributed by atoms with Gasteiger partial charge in [0.25, 0.3) is 0 Å². The lowest BCUT2D eigenvalue weighted by atomic mass is 10.2. The number of fused-ring (bicyclic) bond motifs is 1. The number of hydrogen-bond acceptors (Lipinski definition) is 3. The van der Waals surface area contributed by atoms with Crippen LogP contribution in [-0.4, -0.2) is 28.8 Å². The number of benzene rings is 1. The van der Waals surface area contributed by atoms with E-state index in [0.29, 0.717) is 18.7 Å². The first-order valence-electron chi connectivity index (χ1n) is 6.74. The molecule has 7 heteroatoms. The first-order valence-corrected chi connectivity index (χ1v) is 8.18. The Morgan fingerprint density at radius 1 is 1.29 bits per heavy atom. The van der Waals surface area contributed by atoms with Gasteiger partial charge in [-0.2, -0.15) is 4.31 Å². The molecule has 0 spiro atoms. The Bertz CT molecular complexity index is 770. The van der Waals surface area contributed by atoms with E-state index in [1.54, 1.807) is 19.4 Å². The molecule has 0 atom stereocenters. The maximum absolute atomic E-state index is 13.2. The molecule has 0 unspecified atom stereocenters. The Kier molecular flexibility index (Phi) is 3.54. The molecule has 0 N–H and O–H groups in total. The van der Waals surface area contributed by atoms with Crippen LogP contribution >= 0.6 is 0 Å². The van der Waals surface area contributed by atoms with E-state index in [4.69, 9.17) is 0 Å². The molecule has 0 fully saturated rings. The summed E-state index contributed by atoms with van der Waals surface area (Å²) in [6, 6.07) is 3.76. The van der Waals surface area contributed by atoms with Gasteiger partial charge < -0.3 is 4.57 Å². The van der Waals surface area contributed by atoms with Gasteiger partial charge in [-0.05, 0) is 37.1 Å². The van der Waals surface area contributed by atoms with Crippen molar-refractivity contribution in [2.75, 3.05) is 6.54 Å². The third-order valence-corrected chi connectivity index (χ3v) is 5.70. The highest BCUT2D eigenvalue weighted by atomic mass is 32.2. The molecule has 2 aromatic rings. The van der Waals surface area contributed by atoms with Gasteiger partial charge in [0.15, 0.2) is 0 Å². The standard InChI is InChI=1S/C14H16FN3O2S/c1-11-7-12(15)3-4-14(11)21(19,20)18-6-2-5-17-10-16-8-13(17)9-18/h3-4,7-8,10H,2,5-6,9H2,1H3. The van der Waals surface area contributed by atoms with E-state index in [-0.39, 0.29) is 4.90 Å². The van der Waals surface area contributed by atoms with Crippen molar-refractivity contribution in [3.8, 4) is 0 Å². The van der Waals surface area contributed by atoms with Crippen molar-refractivity contribution in [2.45, 2.75) is 31.3 Å². The molecule has 1 aromatic carbocycles. The third-order valence-electron chi connectivity index (χ3n) is 3.70. The lowest BCUT2D eigenvalue weighted by Crippen LogP contribution is -2.31. The zero-order chi connectivity index (χ0) is 15.0. The minimum Gasteiger partial charge on any atom is -0.333 e. The van der Waals surface area contributed by atoms with Crippen LogP contribution in [0.1, 0.15) is 17.7 Å². The first-order chi connectivity index (χ1) is 9.98. The fraction of sp³-hybridized carbons (Fsp3) is 0.357. The molecular weight excluding hydrogens is 293 g/mol. The Balaban J connectivity index is 1.98. The van der Waals surface area contributed by atoms with E-state index in [1.165, 1.54) is 22.5 Å². The number of nitrogens with zero attached hydrogens (tertiary/aromatic N) is 3. The van der Waals surface area contributed by atoms with E-state index in [9.17, 15) is 12.8 Å². The molecule has 1 aromatic heterocycles. The zero-order valence-corrected chi connectivity index (χ0v) is 12.5. The van der Waals surface area contributed by atoms with Crippen LogP contribution in [0, 0.1) is 12.7 Å². The van der Waals surface area contributed by atoms with Crippen LogP contribution in [0.15, 0.2) is 35.6 Å². The fourth-order valence-electron chi connectivity index (χ4n) is 2.60. The van der Waals surface area contributed by atoms with Crippen LogP contribution in [0.4, 0.5) is 4.39 Å². The van der Waals surface area contributed by atoms with Crippen molar-refractivity contribution in [1.29, 1.82) is 0 Å². The van der Waals surface area contributed by atoms with Gasteiger partial charge in [0.05, 0.1) is 23.5 Å². The highest BCUT2D eigenvalue weighted by Crippen LogP contribution is 2.24. The van der Waals surface area contributed by atoms with Crippen LogP contribution in [0.5, 0.6) is 0 Å². The molecule has 1 aliphatic rings. The normalized spacial score (nSPS) is 16.5. The lowest BCUT2D eigenvalue weighted by molar-refractivity contribution is 0.409. The molecule has 0 aliphatic carbocycles. The molecule has 0 radical (unpaired) electrons. The van der Waals surface area contributed by atoms with Gasteiger partial charge in [-0.1, -0.05) is 0 Å². The molecule has 112 valence electrons. The number of rotatable bonds is 2. The van der Waals surface area contributed by atoms with Crippen molar-refractivity contribution in [2.24, 2.45) is 0 Å². The summed E-state index contributed by atoms with van der Waals surface area (Å²) in [6.07, 6.45) is 4.13. The van der Waals surface area contributed by atoms with Gasteiger partial charge in [-0.15, -0.1) is 0 Å². The van der Waals surface area contributed by atoms with Gasteiger partial charge in [0, 0.05) is 19.3 Å². The Hall–Kier alpha value is -1.73. The second-order valence-electron chi connectivity index (χ2n) is 5.18. The second-order valence-corrected chi connectivity index (χ2v) is 7.09. The average molecular weight is 309 g/mol. The molecule has 2 heterocycles. The second kappa shape index (κ2) is 5.23. The lowest BCUT2D eigenvalue weighted by Gasteiger charge is -2.20. The average Bonchev–Trinajstić information content (AvgIpc) is 2.75. The topological polar surface area (TPSA) is 55.2 Å². The van der Waals surface area contributed by atoms with Crippen molar-refractivity contribution in [1.82, 2.24) is 13.9 Å². The first kappa shape index (κ1) is 14.2. The smallest absolute Gasteiger partial charge is 0.243 e. The number of hydrogen-bond donors (Lipinski definition) is 0. The minimum atomic E-state index is -3.63. The number of sulfonamides is 1. The number of aromatic nitrogens is 2. The molecule has 3 rings (SSSR count). The summed E-state index contributed by atoms with van der Waals surface area (Å²) in [6.45, 7) is 3.10. The summed E-state index contributed by atoms with van der Waals surface area (Å²) < 4.78 is 42.1. The van der Waals surface area contributed by atoms with E-state index < -0.39 is 15.8 Å². The van der Waals surface area contributed by atoms with Gasteiger partial charge in [-0.25, -0.2) is 17.8 Å². The van der Waals surface area contributed by atoms with Crippen LogP contribution in [-0.2, 0) is 23.1 Å². The maximum atomic E-state index is 13.2. The number of halogens is 1. The molecule has 5 nitrogen and oxygen atoms in total. The SMILES string of the molecule is Cc1cc(F)ccc1S(=O)(=O)N1CCCn2cncc2C1. The molecule has 0 amide bonds. The van der Waals surface area contributed by atoms with Crippen molar-refractivity contribution < 1.29 is 12.8 Å². The molecule has 1 aliphatic heterocycles. The molecular formula is C14H16FN3O2S. The van der Waals surface area contributed by atoms with Crippen LogP contribution in [0.25, 0.3) is 0 Å². The summed E-state index contributed by atoms with van der Waals surface area (Å²) in [4.78, 5) is 4.22. The summed E-state index contributed by atoms with van der Waals surface area (Å²) >= 11 is 0. The predicted molar refractivity (Wildman–Crippen MR) is 75.6 cm³/mol. The number of aryl methyl sites for hydroxylation is 2. The molecule has 0 bridgehead atoms. The molecule has 21 heavy (non-hydrogen) atoms. The largest absolute Gasteiger partial charge is 0.333 e. The van der Waals surface area contributed by atoms with Gasteiger partial charge in [0.2, 0.25) is 10.0 Å². The Labute approximate surface area is 123 Å². The fourth-order valence-corrected chi connectivity index (χ4v) is 4.26. The van der Waals surface area contributed by atoms with Gasteiger partial charge >= 0.3 is 0 Å². The Morgan fingerprint density at radius 3 is 2.86 bits per heavy atom. The van der Waals surface area contributed by atoms with Crippen molar-refractivity contribution in [3.05, 3.63) is 47.8 Å². The monoisotopic (exact) mass is 309 g/mol. The van der Waals surface area contributed by atoms with Crippen LogP contribution in [0.3, 0.4) is 0 Å². The van der Waals surface area contributed by atoms with Gasteiger partial charge in [0.1, 0.15) is 5.82 Å². The van der Waals surface area contributed by atoms with E-state index in [2.05, 4.69) is 4.98 Å². The van der Waals surface area contributed by atoms with Crippen LogP contribution < -0.4 is 0 Å². The highest BCUT2D eigenvalue weighted by Gasteiger charge is 2.28. The quantitative estimate of drug-likeness (QED) is 0.852. The summed E-state index contributed by atoms with van der Waals surface area (Å²) in [5.41, 5.74) is 1.29. The summed E-state index contributed by atoms with van der Waals surface area (Å²) in [5.74, 6) is -0.430. The van der Waals surface area contributed by atoms with Crippen molar-refractivity contribution in [3.63, 3.8) is 0 Å². The van der Waals surface area contributed by atoms with E-state index >= 15 is 0 Å². The third kappa shape index (κ3) is 2.58. The van der Waals surface area contributed by atoms with Crippen LogP contribution in [0.2, 0.25) is 0 Å². The van der Waals surface area contributed by atoms with E-state index in [0.717, 1.165) is 18.7 Å². The number of imidazole rings is 1. The molecule has 0 saturated carbocycles. The van der Waals surface area contributed by atoms with Crippen molar-refractivity contribution >= 4 is 10.0 Å². The zero-order valence-electron chi connectivity index (χ0n) is 11.7.